The lowest BCUT2D eigenvalue weighted by atomic mass is 9.85. The minimum atomic E-state index is -0.148. The summed E-state index contributed by atoms with van der Waals surface area (Å²) in [6.45, 7) is 1.91. The number of imide groups is 1. The maximum Gasteiger partial charge on any atom is 0.238 e. The Labute approximate surface area is 133 Å². The number of anilines is 1. The molecule has 1 aromatic carbocycles. The molecule has 2 bridgehead atoms. The summed E-state index contributed by atoms with van der Waals surface area (Å²) in [5, 5.41) is 0.593. The Bertz CT molecular complexity index is 730. The van der Waals surface area contributed by atoms with Crippen molar-refractivity contribution in [2.45, 2.75) is 19.8 Å². The number of allylic oxidation sites excluding steroid dienone is 2. The molecule has 3 nitrogen and oxygen atoms in total. The molecule has 1 heterocycles. The number of benzene rings is 1. The monoisotopic (exact) mass is 313 g/mol. The second kappa shape index (κ2) is 3.83. The molecule has 3 fully saturated rings. The highest BCUT2D eigenvalue weighted by molar-refractivity contribution is 6.32. The highest BCUT2D eigenvalue weighted by Gasteiger charge is 2.73. The van der Waals surface area contributed by atoms with E-state index < -0.39 is 0 Å². The van der Waals surface area contributed by atoms with Gasteiger partial charge in [-0.2, -0.15) is 0 Å². The first-order chi connectivity index (χ1) is 10.5. The Morgan fingerprint density at radius 3 is 2.18 bits per heavy atom. The summed E-state index contributed by atoms with van der Waals surface area (Å²) in [6.07, 6.45) is 6.71. The predicted molar refractivity (Wildman–Crippen MR) is 83.4 cm³/mol. The van der Waals surface area contributed by atoms with Gasteiger partial charge in [0.1, 0.15) is 0 Å². The number of carbonyl (C=O) groups is 2. The van der Waals surface area contributed by atoms with E-state index in [1.54, 1.807) is 6.07 Å². The van der Waals surface area contributed by atoms with Crippen LogP contribution in [0.2, 0.25) is 5.02 Å². The van der Waals surface area contributed by atoms with Gasteiger partial charge >= 0.3 is 0 Å². The van der Waals surface area contributed by atoms with Crippen molar-refractivity contribution in [1.82, 2.24) is 0 Å². The summed E-state index contributed by atoms with van der Waals surface area (Å²) in [4.78, 5) is 27.2. The minimum absolute atomic E-state index is 0.0296. The molecule has 0 N–H and O–H groups in total. The fourth-order valence-electron chi connectivity index (χ4n) is 5.05. The van der Waals surface area contributed by atoms with Crippen LogP contribution in [0.4, 0.5) is 5.69 Å². The standard InChI is InChI=1S/C18H16ClNO2/c1-9-2-3-10(8-13(9)19)20-16(21)14-11-4-5-12(15(14)17(20)22)18(11)6-7-18/h2-5,8,11-12,14-15H,6-7H2,1H3/t11-,12+,14-,15+. The van der Waals surface area contributed by atoms with E-state index in [1.165, 1.54) is 17.7 Å². The van der Waals surface area contributed by atoms with E-state index in [0.717, 1.165) is 5.56 Å². The lowest BCUT2D eigenvalue weighted by Crippen LogP contribution is -2.34. The second-order valence-electron chi connectivity index (χ2n) is 7.17. The van der Waals surface area contributed by atoms with Gasteiger partial charge < -0.3 is 0 Å². The van der Waals surface area contributed by atoms with Gasteiger partial charge in [0.15, 0.2) is 0 Å². The maximum atomic E-state index is 12.9. The van der Waals surface area contributed by atoms with E-state index >= 15 is 0 Å². The Morgan fingerprint density at radius 1 is 1.09 bits per heavy atom. The Morgan fingerprint density at radius 2 is 1.68 bits per heavy atom. The molecule has 2 saturated carbocycles. The zero-order valence-corrected chi connectivity index (χ0v) is 13.0. The number of carbonyl (C=O) groups excluding carboxylic acids is 2. The van der Waals surface area contributed by atoms with Crippen LogP contribution in [-0.4, -0.2) is 11.8 Å². The molecule has 5 rings (SSSR count). The summed E-state index contributed by atoms with van der Waals surface area (Å²) in [5.41, 5.74) is 1.81. The molecule has 3 aliphatic carbocycles. The van der Waals surface area contributed by atoms with Gasteiger partial charge in [0, 0.05) is 5.02 Å². The lowest BCUT2D eigenvalue weighted by molar-refractivity contribution is -0.123. The number of halogens is 1. The van der Waals surface area contributed by atoms with Crippen LogP contribution in [0.25, 0.3) is 0 Å². The number of rotatable bonds is 1. The highest BCUT2D eigenvalue weighted by Crippen LogP contribution is 2.73. The van der Waals surface area contributed by atoms with E-state index in [9.17, 15) is 9.59 Å². The Kier molecular flexibility index (Phi) is 2.24. The number of nitrogens with zero attached hydrogens (tertiary/aromatic N) is 1. The summed E-state index contributed by atoms with van der Waals surface area (Å²) >= 11 is 6.17. The second-order valence-corrected chi connectivity index (χ2v) is 7.57. The molecule has 1 aliphatic heterocycles. The molecule has 0 radical (unpaired) electrons. The van der Waals surface area contributed by atoms with E-state index in [-0.39, 0.29) is 40.9 Å². The summed E-state index contributed by atoms with van der Waals surface area (Å²) in [7, 11) is 0. The topological polar surface area (TPSA) is 37.4 Å². The quantitative estimate of drug-likeness (QED) is 0.589. The SMILES string of the molecule is Cc1ccc(N2C(=O)[C@@H]3[C@H](C2=O)[C@H]2C=C[C@@H]3C23CC3)cc1Cl. The first kappa shape index (κ1) is 12.9. The largest absolute Gasteiger partial charge is 0.274 e. The van der Waals surface area contributed by atoms with E-state index in [1.807, 2.05) is 19.1 Å². The van der Waals surface area contributed by atoms with E-state index in [0.29, 0.717) is 10.7 Å². The highest BCUT2D eigenvalue weighted by atomic mass is 35.5. The lowest BCUT2D eigenvalue weighted by Gasteiger charge is -2.22. The third-order valence-corrected chi connectivity index (χ3v) is 6.67. The number of amides is 2. The molecular formula is C18H16ClNO2. The molecular weight excluding hydrogens is 298 g/mol. The van der Waals surface area contributed by atoms with Crippen molar-refractivity contribution in [3.63, 3.8) is 0 Å². The average Bonchev–Trinajstić information content (AvgIpc) is 3.08. The van der Waals surface area contributed by atoms with Gasteiger partial charge in [-0.3, -0.25) is 9.59 Å². The van der Waals surface area contributed by atoms with Crippen LogP contribution < -0.4 is 4.90 Å². The summed E-state index contributed by atoms with van der Waals surface area (Å²) < 4.78 is 0. The molecule has 112 valence electrons. The first-order valence-corrected chi connectivity index (χ1v) is 8.25. The summed E-state index contributed by atoms with van der Waals surface area (Å²) in [6, 6.07) is 5.41. The van der Waals surface area contributed by atoms with Crippen molar-refractivity contribution in [2.24, 2.45) is 29.1 Å². The van der Waals surface area contributed by atoms with Gasteiger partial charge in [-0.05, 0) is 54.7 Å². The molecule has 1 saturated heterocycles. The van der Waals surface area contributed by atoms with Gasteiger partial charge in [-0.15, -0.1) is 0 Å². The van der Waals surface area contributed by atoms with E-state index in [2.05, 4.69) is 12.2 Å². The van der Waals surface area contributed by atoms with Crippen molar-refractivity contribution in [3.8, 4) is 0 Å². The average molecular weight is 314 g/mol. The zero-order valence-electron chi connectivity index (χ0n) is 12.3. The van der Waals surface area contributed by atoms with Crippen molar-refractivity contribution in [3.05, 3.63) is 40.9 Å². The molecule has 4 heteroatoms. The van der Waals surface area contributed by atoms with Crippen LogP contribution in [0.3, 0.4) is 0 Å². The fourth-order valence-corrected chi connectivity index (χ4v) is 5.23. The van der Waals surface area contributed by atoms with Crippen LogP contribution >= 0.6 is 11.6 Å². The molecule has 2 amide bonds. The van der Waals surface area contributed by atoms with Crippen molar-refractivity contribution in [1.29, 1.82) is 0 Å². The number of aryl methyl sites for hydroxylation is 1. The van der Waals surface area contributed by atoms with Gasteiger partial charge in [0.05, 0.1) is 17.5 Å². The van der Waals surface area contributed by atoms with Gasteiger partial charge in [0.25, 0.3) is 0 Å². The van der Waals surface area contributed by atoms with Gasteiger partial charge in [-0.25, -0.2) is 4.90 Å². The smallest absolute Gasteiger partial charge is 0.238 e. The molecule has 22 heavy (non-hydrogen) atoms. The fraction of sp³-hybridized carbons (Fsp3) is 0.444. The van der Waals surface area contributed by atoms with Crippen LogP contribution in [0.1, 0.15) is 18.4 Å². The van der Waals surface area contributed by atoms with Crippen LogP contribution in [0.15, 0.2) is 30.4 Å². The number of hydrogen-bond donors (Lipinski definition) is 0. The zero-order chi connectivity index (χ0) is 15.2. The summed E-state index contributed by atoms with van der Waals surface area (Å²) in [5.74, 6) is 0.181. The third-order valence-electron chi connectivity index (χ3n) is 6.27. The molecule has 1 aromatic rings. The normalized spacial score (nSPS) is 36.5. The predicted octanol–water partition coefficient (Wildman–Crippen LogP) is 3.35. The molecule has 4 atom stereocenters. The van der Waals surface area contributed by atoms with Gasteiger partial charge in [-0.1, -0.05) is 29.8 Å². The van der Waals surface area contributed by atoms with Gasteiger partial charge in [0.2, 0.25) is 11.8 Å². The van der Waals surface area contributed by atoms with Crippen molar-refractivity contribution < 1.29 is 9.59 Å². The van der Waals surface area contributed by atoms with E-state index in [4.69, 9.17) is 11.6 Å². The molecule has 1 spiro atoms. The third kappa shape index (κ3) is 1.30. The van der Waals surface area contributed by atoms with Crippen LogP contribution in [0.5, 0.6) is 0 Å². The number of fused-ring (bicyclic) bond motifs is 3. The van der Waals surface area contributed by atoms with Crippen molar-refractivity contribution >= 4 is 29.1 Å². The number of hydrogen-bond acceptors (Lipinski definition) is 2. The molecule has 4 aliphatic rings. The molecule has 0 aromatic heterocycles. The Hall–Kier alpha value is -1.61. The van der Waals surface area contributed by atoms with Crippen LogP contribution in [0, 0.1) is 36.0 Å². The van der Waals surface area contributed by atoms with Crippen LogP contribution in [-0.2, 0) is 9.59 Å². The Balaban J connectivity index is 1.57. The first-order valence-electron chi connectivity index (χ1n) is 7.87. The van der Waals surface area contributed by atoms with Crippen molar-refractivity contribution in [2.75, 3.05) is 4.90 Å². The molecule has 0 unspecified atom stereocenters. The maximum absolute atomic E-state index is 12.9. The minimum Gasteiger partial charge on any atom is -0.274 e.